The third-order valence-corrected chi connectivity index (χ3v) is 6.32. The van der Waals surface area contributed by atoms with Crippen LogP contribution < -0.4 is 4.74 Å². The van der Waals surface area contributed by atoms with Crippen molar-refractivity contribution in [2.75, 3.05) is 0 Å². The Morgan fingerprint density at radius 2 is 2.03 bits per heavy atom. The number of hydrogen-bond donors (Lipinski definition) is 1. The molecule has 2 bridgehead atoms. The second-order valence-electron chi connectivity index (χ2n) is 7.68. The number of ether oxygens (including phenoxy) is 2. The van der Waals surface area contributed by atoms with Crippen LogP contribution in [-0.2, 0) is 16.0 Å². The third-order valence-electron chi connectivity index (χ3n) is 6.11. The molecule has 5 nitrogen and oxygen atoms in total. The van der Waals surface area contributed by atoms with E-state index < -0.39 is 5.82 Å². The van der Waals surface area contributed by atoms with E-state index in [2.05, 4.69) is 4.98 Å². The number of halogens is 2. The third kappa shape index (κ3) is 2.85. The fourth-order valence-corrected chi connectivity index (χ4v) is 4.98. The number of aliphatic hydroxyl groups excluding tert-OH is 1. The van der Waals surface area contributed by atoms with E-state index in [1.165, 1.54) is 6.20 Å². The van der Waals surface area contributed by atoms with Crippen LogP contribution in [0.1, 0.15) is 30.9 Å². The van der Waals surface area contributed by atoms with E-state index in [0.29, 0.717) is 23.3 Å². The number of carbonyl (C=O) groups is 1. The monoisotopic (exact) mass is 415 g/mol. The van der Waals surface area contributed by atoms with E-state index in [4.69, 9.17) is 21.1 Å². The minimum Gasteiger partial charge on any atom is -0.511 e. The first-order chi connectivity index (χ1) is 14.0. The molecule has 150 valence electrons. The lowest BCUT2D eigenvalue weighted by Crippen LogP contribution is -2.29. The number of pyridine rings is 1. The summed E-state index contributed by atoms with van der Waals surface area (Å²) in [6.45, 7) is 1.98. The van der Waals surface area contributed by atoms with Crippen LogP contribution in [0.25, 0.3) is 5.57 Å². The highest BCUT2D eigenvalue weighted by Gasteiger charge is 2.59. The molecule has 4 atom stereocenters. The first-order valence-electron chi connectivity index (χ1n) is 9.73. The summed E-state index contributed by atoms with van der Waals surface area (Å²) < 4.78 is 25.5. The Morgan fingerprint density at radius 3 is 2.72 bits per heavy atom. The van der Waals surface area contributed by atoms with Crippen molar-refractivity contribution in [1.29, 1.82) is 0 Å². The van der Waals surface area contributed by atoms with Crippen molar-refractivity contribution >= 4 is 23.0 Å². The van der Waals surface area contributed by atoms with E-state index >= 15 is 0 Å². The van der Waals surface area contributed by atoms with Crippen LogP contribution in [-0.4, -0.2) is 28.1 Å². The molecule has 1 aliphatic carbocycles. The standard InChI is InChI=1S/C22H19ClFNO4/c1-2-10-3-4-12(28-22-14(24)7-11(23)9-25-22)8-13(10)17-20(26)18-15-5-6-16(29-15)19(18)21(17)27/h3-4,7-9,15-16,18-19,26H,2,5-6H2,1H3/t15-,16+,18-,19+/m1/s1. The highest BCUT2D eigenvalue weighted by molar-refractivity contribution is 6.30. The summed E-state index contributed by atoms with van der Waals surface area (Å²) in [5.41, 5.74) is 1.87. The van der Waals surface area contributed by atoms with Gasteiger partial charge in [-0.3, -0.25) is 4.79 Å². The molecule has 0 radical (unpaired) electrons. The van der Waals surface area contributed by atoms with Crippen molar-refractivity contribution < 1.29 is 23.8 Å². The van der Waals surface area contributed by atoms with Gasteiger partial charge in [-0.2, -0.15) is 0 Å². The second kappa shape index (κ2) is 6.82. The molecule has 2 fully saturated rings. The van der Waals surface area contributed by atoms with Gasteiger partial charge in [-0.05, 0) is 48.6 Å². The van der Waals surface area contributed by atoms with Crippen molar-refractivity contribution in [1.82, 2.24) is 4.98 Å². The SMILES string of the molecule is CCc1ccc(Oc2ncc(Cl)cc2F)cc1C1=C(O)[C@H]2[C@@H](C1=O)[C@@H]1CC[C@H]2O1. The summed E-state index contributed by atoms with van der Waals surface area (Å²) in [6, 6.07) is 6.31. The van der Waals surface area contributed by atoms with Crippen LogP contribution in [0, 0.1) is 17.7 Å². The summed E-state index contributed by atoms with van der Waals surface area (Å²) >= 11 is 5.74. The Balaban J connectivity index is 1.54. The molecule has 0 spiro atoms. The molecule has 0 amide bonds. The van der Waals surface area contributed by atoms with Crippen molar-refractivity contribution in [3.05, 3.63) is 58.2 Å². The fourth-order valence-electron chi connectivity index (χ4n) is 4.84. The normalized spacial score (nSPS) is 27.6. The van der Waals surface area contributed by atoms with Gasteiger partial charge in [0.2, 0.25) is 0 Å². The first-order valence-corrected chi connectivity index (χ1v) is 10.1. The Kier molecular flexibility index (Phi) is 4.37. The molecule has 2 saturated heterocycles. The summed E-state index contributed by atoms with van der Waals surface area (Å²) in [5, 5.41) is 11.1. The number of rotatable bonds is 4. The number of Topliss-reactive ketones (excluding diaryl/α,β-unsaturated/α-hetero) is 1. The molecule has 7 heteroatoms. The quantitative estimate of drug-likeness (QED) is 0.771. The van der Waals surface area contributed by atoms with Crippen LogP contribution in [0.4, 0.5) is 4.39 Å². The number of aryl methyl sites for hydroxylation is 1. The first kappa shape index (κ1) is 18.6. The molecule has 0 unspecified atom stereocenters. The van der Waals surface area contributed by atoms with Crippen LogP contribution in [0.3, 0.4) is 0 Å². The molecule has 2 aromatic rings. The number of hydrogen-bond acceptors (Lipinski definition) is 5. The maximum absolute atomic E-state index is 14.1. The van der Waals surface area contributed by atoms with Gasteiger partial charge in [0.25, 0.3) is 5.88 Å². The minimum absolute atomic E-state index is 0.0812. The molecule has 2 aliphatic heterocycles. The number of fused-ring (bicyclic) bond motifs is 5. The number of nitrogens with zero attached hydrogens (tertiary/aromatic N) is 1. The molecule has 1 aromatic carbocycles. The summed E-state index contributed by atoms with van der Waals surface area (Å²) in [4.78, 5) is 17.1. The average molecular weight is 416 g/mol. The van der Waals surface area contributed by atoms with E-state index in [1.807, 2.05) is 13.0 Å². The van der Waals surface area contributed by atoms with Gasteiger partial charge in [-0.25, -0.2) is 9.37 Å². The highest BCUT2D eigenvalue weighted by atomic mass is 35.5. The molecule has 0 saturated carbocycles. The van der Waals surface area contributed by atoms with E-state index in [9.17, 15) is 14.3 Å². The molecule has 3 aliphatic rings. The zero-order chi connectivity index (χ0) is 20.3. The van der Waals surface area contributed by atoms with Gasteiger partial charge in [0.05, 0.1) is 34.6 Å². The number of benzene rings is 1. The topological polar surface area (TPSA) is 68.7 Å². The predicted molar refractivity (Wildman–Crippen MR) is 105 cm³/mol. The zero-order valence-corrected chi connectivity index (χ0v) is 16.4. The number of aliphatic hydroxyl groups is 1. The van der Waals surface area contributed by atoms with Crippen molar-refractivity contribution in [3.63, 3.8) is 0 Å². The number of allylic oxidation sites excluding steroid dienone is 1. The van der Waals surface area contributed by atoms with Gasteiger partial charge in [0.15, 0.2) is 11.6 Å². The van der Waals surface area contributed by atoms with E-state index in [-0.39, 0.29) is 46.5 Å². The minimum atomic E-state index is -0.680. The molecule has 1 N–H and O–H groups in total. The second-order valence-corrected chi connectivity index (χ2v) is 8.12. The van der Waals surface area contributed by atoms with Crippen LogP contribution in [0.2, 0.25) is 5.02 Å². The lowest BCUT2D eigenvalue weighted by atomic mass is 9.80. The predicted octanol–water partition coefficient (Wildman–Crippen LogP) is 4.87. The lowest BCUT2D eigenvalue weighted by molar-refractivity contribution is -0.118. The van der Waals surface area contributed by atoms with Crippen molar-refractivity contribution in [2.45, 2.75) is 38.4 Å². The van der Waals surface area contributed by atoms with Gasteiger partial charge >= 0.3 is 0 Å². The van der Waals surface area contributed by atoms with Crippen LogP contribution in [0.15, 0.2) is 36.2 Å². The van der Waals surface area contributed by atoms with Gasteiger partial charge < -0.3 is 14.6 Å². The van der Waals surface area contributed by atoms with Crippen LogP contribution >= 0.6 is 11.6 Å². The molecular formula is C22H19ClFNO4. The molecule has 5 rings (SSSR count). The van der Waals surface area contributed by atoms with E-state index in [0.717, 1.165) is 24.5 Å². The lowest BCUT2D eigenvalue weighted by Gasteiger charge is -2.19. The summed E-state index contributed by atoms with van der Waals surface area (Å²) in [5.74, 6) is -1.11. The van der Waals surface area contributed by atoms with Crippen LogP contribution in [0.5, 0.6) is 11.6 Å². The average Bonchev–Trinajstić information content (AvgIpc) is 3.38. The molecular weight excluding hydrogens is 397 g/mol. The van der Waals surface area contributed by atoms with Gasteiger partial charge in [0, 0.05) is 6.20 Å². The van der Waals surface area contributed by atoms with Gasteiger partial charge in [-0.15, -0.1) is 0 Å². The molecule has 3 heterocycles. The molecule has 29 heavy (non-hydrogen) atoms. The highest BCUT2D eigenvalue weighted by Crippen LogP contribution is 2.54. The Morgan fingerprint density at radius 1 is 1.28 bits per heavy atom. The molecule has 1 aromatic heterocycles. The maximum Gasteiger partial charge on any atom is 0.255 e. The smallest absolute Gasteiger partial charge is 0.255 e. The van der Waals surface area contributed by atoms with Crippen molar-refractivity contribution in [3.8, 4) is 11.6 Å². The number of aromatic nitrogens is 1. The maximum atomic E-state index is 14.1. The zero-order valence-electron chi connectivity index (χ0n) is 15.7. The van der Waals surface area contributed by atoms with Crippen molar-refractivity contribution in [2.24, 2.45) is 11.8 Å². The van der Waals surface area contributed by atoms with Gasteiger partial charge in [0.1, 0.15) is 11.5 Å². The number of carbonyl (C=O) groups excluding carboxylic acids is 1. The van der Waals surface area contributed by atoms with E-state index in [1.54, 1.807) is 12.1 Å². The largest absolute Gasteiger partial charge is 0.511 e. The Bertz CT molecular complexity index is 1050. The number of ketones is 1. The summed E-state index contributed by atoms with van der Waals surface area (Å²) in [6.07, 6.45) is 3.47. The van der Waals surface area contributed by atoms with Gasteiger partial charge in [-0.1, -0.05) is 24.6 Å². The fraction of sp³-hybridized carbons (Fsp3) is 0.364. The summed E-state index contributed by atoms with van der Waals surface area (Å²) in [7, 11) is 0. The Labute approximate surface area is 172 Å². The Hall–Kier alpha value is -2.44.